The smallest absolute Gasteiger partial charge is 0.309 e. The lowest BCUT2D eigenvalue weighted by Gasteiger charge is -2.04. The zero-order valence-electron chi connectivity index (χ0n) is 9.84. The van der Waals surface area contributed by atoms with Gasteiger partial charge in [-0.05, 0) is 43.2 Å². The fourth-order valence-corrected chi connectivity index (χ4v) is 1.84. The fraction of sp³-hybridized carbons (Fsp3) is 0.231. The van der Waals surface area contributed by atoms with Gasteiger partial charge in [-0.25, -0.2) is 4.68 Å². The average Bonchev–Trinajstić information content (AvgIpc) is 2.63. The van der Waals surface area contributed by atoms with E-state index in [-0.39, 0.29) is 6.42 Å². The van der Waals surface area contributed by atoms with Crippen LogP contribution in [0.15, 0.2) is 30.5 Å². The van der Waals surface area contributed by atoms with Crippen molar-refractivity contribution in [2.24, 2.45) is 0 Å². The molecule has 0 aliphatic heterocycles. The molecule has 4 nitrogen and oxygen atoms in total. The molecule has 17 heavy (non-hydrogen) atoms. The van der Waals surface area contributed by atoms with Gasteiger partial charge in [0.1, 0.15) is 0 Å². The summed E-state index contributed by atoms with van der Waals surface area (Å²) in [5.74, 6) is -0.865. The number of nitrogens with zero attached hydrogens (tertiary/aromatic N) is 2. The van der Waals surface area contributed by atoms with Crippen molar-refractivity contribution in [1.82, 2.24) is 9.78 Å². The second kappa shape index (κ2) is 4.41. The molecule has 0 atom stereocenters. The Labute approximate surface area is 99.5 Å². The van der Waals surface area contributed by atoms with Crippen LogP contribution in [0.4, 0.5) is 0 Å². The fourth-order valence-electron chi connectivity index (χ4n) is 1.84. The molecule has 0 amide bonds. The van der Waals surface area contributed by atoms with E-state index in [1.807, 2.05) is 26.0 Å². The van der Waals surface area contributed by atoms with Crippen molar-refractivity contribution in [3.05, 3.63) is 47.3 Å². The van der Waals surface area contributed by atoms with E-state index < -0.39 is 5.97 Å². The summed E-state index contributed by atoms with van der Waals surface area (Å²) in [6, 6.07) is 7.85. The maximum absolute atomic E-state index is 10.6. The van der Waals surface area contributed by atoms with Crippen LogP contribution in [0.2, 0.25) is 0 Å². The molecule has 0 unspecified atom stereocenters. The van der Waals surface area contributed by atoms with Crippen LogP contribution in [0.3, 0.4) is 0 Å². The Hall–Kier alpha value is -2.10. The van der Waals surface area contributed by atoms with Crippen molar-refractivity contribution in [3.8, 4) is 5.69 Å². The van der Waals surface area contributed by atoms with Gasteiger partial charge in [0.2, 0.25) is 0 Å². The molecule has 1 N–H and O–H groups in total. The maximum Gasteiger partial charge on any atom is 0.309 e. The Kier molecular flexibility index (Phi) is 2.95. The number of hydrogen-bond acceptors (Lipinski definition) is 2. The number of aryl methyl sites for hydroxylation is 2. The number of aromatic nitrogens is 2. The monoisotopic (exact) mass is 230 g/mol. The van der Waals surface area contributed by atoms with Gasteiger partial charge in [-0.2, -0.15) is 5.10 Å². The van der Waals surface area contributed by atoms with Gasteiger partial charge < -0.3 is 5.11 Å². The molecule has 0 radical (unpaired) electrons. The van der Waals surface area contributed by atoms with Crippen molar-refractivity contribution >= 4 is 5.97 Å². The minimum absolute atomic E-state index is 0.0439. The highest BCUT2D eigenvalue weighted by molar-refractivity contribution is 5.69. The largest absolute Gasteiger partial charge is 0.481 e. The average molecular weight is 230 g/mol. The highest BCUT2D eigenvalue weighted by Gasteiger charge is 2.05. The van der Waals surface area contributed by atoms with Crippen LogP contribution in [0.1, 0.15) is 16.8 Å². The Bertz CT molecular complexity index is 538. The maximum atomic E-state index is 10.6. The summed E-state index contributed by atoms with van der Waals surface area (Å²) in [5.41, 5.74) is 3.85. The Morgan fingerprint density at radius 1 is 1.29 bits per heavy atom. The number of carboxylic acids is 1. The van der Waals surface area contributed by atoms with E-state index in [2.05, 4.69) is 11.2 Å². The van der Waals surface area contributed by atoms with Gasteiger partial charge in [0.15, 0.2) is 0 Å². The highest BCUT2D eigenvalue weighted by Crippen LogP contribution is 2.13. The second-order valence-electron chi connectivity index (χ2n) is 4.17. The number of aliphatic carboxylic acids is 1. The standard InChI is InChI=1S/C13H14N2O2/c1-9-5-10(2)7-12(6-9)15-4-3-11(14-15)8-13(16)17/h3-7H,8H2,1-2H3,(H,16,17). The van der Waals surface area contributed by atoms with E-state index in [0.29, 0.717) is 5.69 Å². The molecule has 0 aliphatic carbocycles. The van der Waals surface area contributed by atoms with Gasteiger partial charge in [0, 0.05) is 6.20 Å². The molecular formula is C13H14N2O2. The predicted octanol–water partition coefficient (Wildman–Crippen LogP) is 2.12. The quantitative estimate of drug-likeness (QED) is 0.878. The number of carboxylic acid groups (broad SMARTS) is 1. The van der Waals surface area contributed by atoms with Crippen LogP contribution in [0.5, 0.6) is 0 Å². The van der Waals surface area contributed by atoms with Gasteiger partial charge in [-0.15, -0.1) is 0 Å². The van der Waals surface area contributed by atoms with E-state index >= 15 is 0 Å². The van der Waals surface area contributed by atoms with Crippen molar-refractivity contribution in [2.45, 2.75) is 20.3 Å². The van der Waals surface area contributed by atoms with E-state index in [1.54, 1.807) is 16.9 Å². The lowest BCUT2D eigenvalue weighted by molar-refractivity contribution is -0.136. The van der Waals surface area contributed by atoms with Gasteiger partial charge in [0.05, 0.1) is 17.8 Å². The van der Waals surface area contributed by atoms with Crippen LogP contribution in [0, 0.1) is 13.8 Å². The normalized spacial score (nSPS) is 10.5. The zero-order chi connectivity index (χ0) is 12.4. The molecule has 1 heterocycles. The summed E-state index contributed by atoms with van der Waals surface area (Å²) < 4.78 is 1.71. The molecule has 1 aromatic heterocycles. The first-order valence-corrected chi connectivity index (χ1v) is 5.39. The van der Waals surface area contributed by atoms with E-state index in [1.165, 1.54) is 0 Å². The van der Waals surface area contributed by atoms with Crippen LogP contribution < -0.4 is 0 Å². The molecule has 0 saturated carbocycles. The minimum atomic E-state index is -0.865. The van der Waals surface area contributed by atoms with Crippen LogP contribution in [-0.4, -0.2) is 20.9 Å². The predicted molar refractivity (Wildman–Crippen MR) is 64.4 cm³/mol. The topological polar surface area (TPSA) is 55.1 Å². The zero-order valence-corrected chi connectivity index (χ0v) is 9.84. The Balaban J connectivity index is 2.33. The number of rotatable bonds is 3. The molecule has 0 spiro atoms. The highest BCUT2D eigenvalue weighted by atomic mass is 16.4. The van der Waals surface area contributed by atoms with Crippen molar-refractivity contribution < 1.29 is 9.90 Å². The first-order valence-electron chi connectivity index (χ1n) is 5.39. The summed E-state index contributed by atoms with van der Waals surface area (Å²) in [6.07, 6.45) is 1.74. The number of hydrogen-bond donors (Lipinski definition) is 1. The van der Waals surface area contributed by atoms with E-state index in [4.69, 9.17) is 5.11 Å². The van der Waals surface area contributed by atoms with Crippen molar-refractivity contribution in [2.75, 3.05) is 0 Å². The first kappa shape index (κ1) is 11.4. The van der Waals surface area contributed by atoms with E-state index in [9.17, 15) is 4.79 Å². The third-order valence-corrected chi connectivity index (χ3v) is 2.45. The molecule has 4 heteroatoms. The van der Waals surface area contributed by atoms with Crippen molar-refractivity contribution in [3.63, 3.8) is 0 Å². The van der Waals surface area contributed by atoms with Crippen LogP contribution in [-0.2, 0) is 11.2 Å². The third kappa shape index (κ3) is 2.72. The summed E-state index contributed by atoms with van der Waals surface area (Å²) in [5, 5.41) is 12.9. The molecular weight excluding hydrogens is 216 g/mol. The molecule has 0 bridgehead atoms. The molecule has 88 valence electrons. The molecule has 0 fully saturated rings. The summed E-state index contributed by atoms with van der Waals surface area (Å²) in [4.78, 5) is 10.6. The molecule has 2 rings (SSSR count). The third-order valence-electron chi connectivity index (χ3n) is 2.45. The summed E-state index contributed by atoms with van der Waals surface area (Å²) in [6.45, 7) is 4.05. The molecule has 0 saturated heterocycles. The van der Waals surface area contributed by atoms with Gasteiger partial charge >= 0.3 is 5.97 Å². The lowest BCUT2D eigenvalue weighted by Crippen LogP contribution is -2.02. The van der Waals surface area contributed by atoms with Crippen molar-refractivity contribution in [1.29, 1.82) is 0 Å². The molecule has 1 aromatic carbocycles. The SMILES string of the molecule is Cc1cc(C)cc(-n2ccc(CC(=O)O)n2)c1. The molecule has 0 aliphatic rings. The van der Waals surface area contributed by atoms with Crippen LogP contribution >= 0.6 is 0 Å². The lowest BCUT2D eigenvalue weighted by atomic mass is 10.1. The number of carbonyl (C=O) groups is 1. The minimum Gasteiger partial charge on any atom is -0.481 e. The second-order valence-corrected chi connectivity index (χ2v) is 4.17. The van der Waals surface area contributed by atoms with Gasteiger partial charge in [0.25, 0.3) is 0 Å². The number of benzene rings is 1. The Morgan fingerprint density at radius 2 is 1.94 bits per heavy atom. The summed E-state index contributed by atoms with van der Waals surface area (Å²) in [7, 11) is 0. The Morgan fingerprint density at radius 3 is 2.53 bits per heavy atom. The van der Waals surface area contributed by atoms with Gasteiger partial charge in [-0.3, -0.25) is 4.79 Å². The van der Waals surface area contributed by atoms with Gasteiger partial charge in [-0.1, -0.05) is 6.07 Å². The van der Waals surface area contributed by atoms with Crippen LogP contribution in [0.25, 0.3) is 5.69 Å². The molecule has 2 aromatic rings. The first-order chi connectivity index (χ1) is 8.04. The van der Waals surface area contributed by atoms with E-state index in [0.717, 1.165) is 16.8 Å². The summed E-state index contributed by atoms with van der Waals surface area (Å²) >= 11 is 0.